The van der Waals surface area contributed by atoms with Crippen LogP contribution in [-0.4, -0.2) is 23.1 Å². The molecule has 1 saturated carbocycles. The van der Waals surface area contributed by atoms with E-state index >= 15 is 0 Å². The molecule has 5 nitrogen and oxygen atoms in total. The topological polar surface area (TPSA) is 67.1 Å². The van der Waals surface area contributed by atoms with Crippen LogP contribution in [0.3, 0.4) is 0 Å². The highest BCUT2D eigenvalue weighted by atomic mass is 15.3. The van der Waals surface area contributed by atoms with Crippen molar-refractivity contribution in [3.63, 3.8) is 0 Å². The fraction of sp³-hybridized carbons (Fsp3) is 0.692. The highest BCUT2D eigenvalue weighted by molar-refractivity contribution is 5.49. The fourth-order valence-electron chi connectivity index (χ4n) is 2.07. The summed E-state index contributed by atoms with van der Waals surface area (Å²) in [6.07, 6.45) is 4.72. The van der Waals surface area contributed by atoms with Crippen molar-refractivity contribution in [3.05, 3.63) is 11.9 Å². The monoisotopic (exact) mass is 249 g/mol. The Labute approximate surface area is 109 Å². The maximum atomic E-state index is 5.48. The smallest absolute Gasteiger partial charge is 0.145 e. The van der Waals surface area contributed by atoms with E-state index < -0.39 is 0 Å². The lowest BCUT2D eigenvalue weighted by Crippen LogP contribution is -2.30. The molecule has 0 saturated heterocycles. The molecule has 1 atom stereocenters. The van der Waals surface area contributed by atoms with Gasteiger partial charge in [-0.1, -0.05) is 13.3 Å². The van der Waals surface area contributed by atoms with Gasteiger partial charge >= 0.3 is 0 Å². The molecule has 1 aromatic heterocycles. The lowest BCUT2D eigenvalue weighted by Gasteiger charge is -2.26. The molecule has 0 spiro atoms. The molecule has 0 amide bonds. The van der Waals surface area contributed by atoms with Gasteiger partial charge < -0.3 is 10.3 Å². The maximum absolute atomic E-state index is 5.48. The normalized spacial score (nSPS) is 16.4. The summed E-state index contributed by atoms with van der Waals surface area (Å²) in [6.45, 7) is 4.42. The number of hydrogen-bond acceptors (Lipinski definition) is 5. The summed E-state index contributed by atoms with van der Waals surface area (Å²) >= 11 is 0. The van der Waals surface area contributed by atoms with E-state index in [2.05, 4.69) is 41.2 Å². The fourth-order valence-corrected chi connectivity index (χ4v) is 2.07. The van der Waals surface area contributed by atoms with Gasteiger partial charge in [0.15, 0.2) is 0 Å². The first-order chi connectivity index (χ1) is 8.65. The van der Waals surface area contributed by atoms with Crippen LogP contribution in [-0.2, 0) is 0 Å². The summed E-state index contributed by atoms with van der Waals surface area (Å²) < 4.78 is 0. The van der Waals surface area contributed by atoms with Crippen LogP contribution in [0.15, 0.2) is 6.07 Å². The number of nitrogen functional groups attached to an aromatic ring is 1. The van der Waals surface area contributed by atoms with Gasteiger partial charge in [-0.3, -0.25) is 0 Å². The van der Waals surface area contributed by atoms with E-state index in [0.29, 0.717) is 17.8 Å². The van der Waals surface area contributed by atoms with E-state index in [1.165, 1.54) is 19.3 Å². The van der Waals surface area contributed by atoms with Gasteiger partial charge in [-0.25, -0.2) is 15.8 Å². The number of nitrogens with one attached hydrogen (secondary N) is 1. The Morgan fingerprint density at radius 2 is 2.22 bits per heavy atom. The van der Waals surface area contributed by atoms with E-state index in [4.69, 9.17) is 5.84 Å². The van der Waals surface area contributed by atoms with Crippen molar-refractivity contribution >= 4 is 11.6 Å². The first-order valence-electron chi connectivity index (χ1n) is 6.74. The average molecular weight is 249 g/mol. The number of nitrogens with zero attached hydrogens (tertiary/aromatic N) is 3. The summed E-state index contributed by atoms with van der Waals surface area (Å²) in [5.41, 5.74) is 2.64. The molecule has 2 rings (SSSR count). The van der Waals surface area contributed by atoms with E-state index in [-0.39, 0.29) is 0 Å². The van der Waals surface area contributed by atoms with E-state index in [9.17, 15) is 0 Å². The van der Waals surface area contributed by atoms with Gasteiger partial charge in [-0.15, -0.1) is 0 Å². The van der Waals surface area contributed by atoms with Crippen molar-refractivity contribution < 1.29 is 0 Å². The summed E-state index contributed by atoms with van der Waals surface area (Å²) in [6, 6.07) is 2.39. The summed E-state index contributed by atoms with van der Waals surface area (Å²) in [4.78, 5) is 11.3. The second-order valence-electron chi connectivity index (χ2n) is 5.14. The standard InChI is InChI=1S/C13H23N5/c1-4-5-9(2)18(3)12-8-11(17-14)15-13(16-12)10-6-7-10/h8-10H,4-7,14H2,1-3H3,(H,15,16,17). The number of nitrogens with two attached hydrogens (primary N) is 1. The van der Waals surface area contributed by atoms with Crippen LogP contribution in [0, 0.1) is 0 Å². The number of hydrogen-bond donors (Lipinski definition) is 2. The van der Waals surface area contributed by atoms with Gasteiger partial charge in [-0.2, -0.15) is 0 Å². The van der Waals surface area contributed by atoms with Crippen molar-refractivity contribution in [1.82, 2.24) is 9.97 Å². The van der Waals surface area contributed by atoms with Crippen molar-refractivity contribution in [3.8, 4) is 0 Å². The van der Waals surface area contributed by atoms with E-state index in [0.717, 1.165) is 18.1 Å². The molecule has 5 heteroatoms. The van der Waals surface area contributed by atoms with Crippen molar-refractivity contribution in [2.45, 2.75) is 51.5 Å². The zero-order chi connectivity index (χ0) is 13.1. The summed E-state index contributed by atoms with van der Waals surface area (Å²) in [7, 11) is 2.08. The third-order valence-corrected chi connectivity index (χ3v) is 3.55. The number of aromatic nitrogens is 2. The van der Waals surface area contributed by atoms with Crippen LogP contribution < -0.4 is 16.2 Å². The highest BCUT2D eigenvalue weighted by Crippen LogP contribution is 2.39. The minimum atomic E-state index is 0.475. The first-order valence-corrected chi connectivity index (χ1v) is 6.74. The van der Waals surface area contributed by atoms with Gasteiger partial charge in [0.25, 0.3) is 0 Å². The first kappa shape index (κ1) is 13.1. The molecule has 1 aliphatic carbocycles. The zero-order valence-electron chi connectivity index (χ0n) is 11.5. The molecule has 1 heterocycles. The predicted octanol–water partition coefficient (Wildman–Crippen LogP) is 2.26. The van der Waals surface area contributed by atoms with E-state index in [1.54, 1.807) is 0 Å². The lowest BCUT2D eigenvalue weighted by molar-refractivity contribution is 0.609. The molecule has 3 N–H and O–H groups in total. The Bertz CT molecular complexity index is 402. The van der Waals surface area contributed by atoms with Gasteiger partial charge in [0.2, 0.25) is 0 Å². The van der Waals surface area contributed by atoms with Crippen molar-refractivity contribution in [1.29, 1.82) is 0 Å². The van der Waals surface area contributed by atoms with Crippen LogP contribution in [0.5, 0.6) is 0 Å². The minimum Gasteiger partial charge on any atom is -0.357 e. The Balaban J connectivity index is 2.22. The number of hydrazine groups is 1. The summed E-state index contributed by atoms with van der Waals surface area (Å²) in [5, 5.41) is 0. The van der Waals surface area contributed by atoms with Crippen LogP contribution in [0.4, 0.5) is 11.6 Å². The number of rotatable bonds is 6. The molecule has 1 aromatic rings. The van der Waals surface area contributed by atoms with Crippen LogP contribution >= 0.6 is 0 Å². The second-order valence-corrected chi connectivity index (χ2v) is 5.14. The Hall–Kier alpha value is -1.36. The molecule has 0 aromatic carbocycles. The highest BCUT2D eigenvalue weighted by Gasteiger charge is 2.28. The molecule has 18 heavy (non-hydrogen) atoms. The zero-order valence-corrected chi connectivity index (χ0v) is 11.5. The quantitative estimate of drug-likeness (QED) is 0.598. The molecule has 1 fully saturated rings. The largest absolute Gasteiger partial charge is 0.357 e. The van der Waals surface area contributed by atoms with Gasteiger partial charge in [0.1, 0.15) is 17.5 Å². The van der Waals surface area contributed by atoms with Crippen LogP contribution in [0.25, 0.3) is 0 Å². The molecular formula is C13H23N5. The van der Waals surface area contributed by atoms with Crippen LogP contribution in [0.2, 0.25) is 0 Å². The maximum Gasteiger partial charge on any atom is 0.145 e. The van der Waals surface area contributed by atoms with E-state index in [1.807, 2.05) is 6.07 Å². The third kappa shape index (κ3) is 2.90. The molecule has 100 valence electrons. The van der Waals surface area contributed by atoms with Gasteiger partial charge in [0, 0.05) is 25.1 Å². The minimum absolute atomic E-state index is 0.475. The van der Waals surface area contributed by atoms with Crippen molar-refractivity contribution in [2.24, 2.45) is 5.84 Å². The second kappa shape index (κ2) is 5.52. The molecule has 1 unspecified atom stereocenters. The average Bonchev–Trinajstić information content (AvgIpc) is 3.21. The Morgan fingerprint density at radius 1 is 1.50 bits per heavy atom. The molecule has 0 aliphatic heterocycles. The molecule has 0 radical (unpaired) electrons. The van der Waals surface area contributed by atoms with Gasteiger partial charge in [0.05, 0.1) is 0 Å². The molecule has 0 bridgehead atoms. The lowest BCUT2D eigenvalue weighted by atomic mass is 10.2. The Morgan fingerprint density at radius 3 is 2.78 bits per heavy atom. The summed E-state index contributed by atoms with van der Waals surface area (Å²) in [5.74, 6) is 8.61. The third-order valence-electron chi connectivity index (χ3n) is 3.55. The van der Waals surface area contributed by atoms with Crippen LogP contribution in [0.1, 0.15) is 51.3 Å². The predicted molar refractivity (Wildman–Crippen MR) is 74.6 cm³/mol. The Kier molecular flexibility index (Phi) is 4.01. The SMILES string of the molecule is CCCC(C)N(C)c1cc(NN)nc(C2CC2)n1. The number of anilines is 2. The molecular weight excluding hydrogens is 226 g/mol. The molecule has 1 aliphatic rings. The van der Waals surface area contributed by atoms with Crippen molar-refractivity contribution in [2.75, 3.05) is 17.4 Å². The van der Waals surface area contributed by atoms with Gasteiger partial charge in [-0.05, 0) is 26.2 Å².